The minimum absolute atomic E-state index is 1.26. The van der Waals surface area contributed by atoms with Gasteiger partial charge in [-0.25, -0.2) is 4.57 Å². The Balaban J connectivity index is 2.63. The van der Waals surface area contributed by atoms with E-state index in [9.17, 15) is 0 Å². The molecular weight excluding hydrogens is 350 g/mol. The summed E-state index contributed by atoms with van der Waals surface area (Å²) in [6.45, 7) is 6.91. The molecule has 0 spiro atoms. The molecule has 0 bridgehead atoms. The molecule has 0 aliphatic carbocycles. The van der Waals surface area contributed by atoms with Gasteiger partial charge in [0.2, 0.25) is 0 Å². The molecule has 29 heavy (non-hydrogen) atoms. The maximum Gasteiger partial charge on any atom is 0.184 e. The van der Waals surface area contributed by atoms with Crippen molar-refractivity contribution in [3.63, 3.8) is 0 Å². The molecule has 0 fully saturated rings. The van der Waals surface area contributed by atoms with Gasteiger partial charge in [-0.1, -0.05) is 104 Å². The zero-order chi connectivity index (χ0) is 21.2. The van der Waals surface area contributed by atoms with Crippen LogP contribution in [0.5, 0.6) is 0 Å². The van der Waals surface area contributed by atoms with Crippen molar-refractivity contribution in [2.75, 3.05) is 0 Å². The van der Waals surface area contributed by atoms with Crippen LogP contribution in [0, 0.1) is 0 Å². The third-order valence-electron chi connectivity index (χ3n) is 6.40. The lowest BCUT2D eigenvalue weighted by atomic mass is 9.97. The highest BCUT2D eigenvalue weighted by Crippen LogP contribution is 2.18. The number of rotatable bonds is 19. The van der Waals surface area contributed by atoms with Gasteiger partial charge in [0.05, 0.1) is 0 Å². The van der Waals surface area contributed by atoms with Gasteiger partial charge in [-0.2, -0.15) is 0 Å². The van der Waals surface area contributed by atoms with E-state index in [-0.39, 0.29) is 0 Å². The van der Waals surface area contributed by atoms with Gasteiger partial charge >= 0.3 is 0 Å². The van der Waals surface area contributed by atoms with E-state index in [0.29, 0.717) is 0 Å². The molecular formula is C28H52N+. The van der Waals surface area contributed by atoms with Crippen LogP contribution in [-0.4, -0.2) is 0 Å². The van der Waals surface area contributed by atoms with Crippen molar-refractivity contribution in [3.8, 4) is 0 Å². The SMILES string of the molecule is CCCCCCCCc1c(CCCCCCC)cc(CCCCCCC)c[n+]1C. The summed E-state index contributed by atoms with van der Waals surface area (Å²) < 4.78 is 2.48. The minimum atomic E-state index is 1.26. The first-order valence-corrected chi connectivity index (χ1v) is 13.2. The van der Waals surface area contributed by atoms with E-state index in [1.54, 1.807) is 16.8 Å². The molecule has 0 saturated carbocycles. The summed E-state index contributed by atoms with van der Waals surface area (Å²) >= 11 is 0. The molecule has 168 valence electrons. The van der Waals surface area contributed by atoms with Crippen LogP contribution in [0.4, 0.5) is 0 Å². The summed E-state index contributed by atoms with van der Waals surface area (Å²) in [7, 11) is 2.30. The van der Waals surface area contributed by atoms with E-state index < -0.39 is 0 Å². The summed E-state index contributed by atoms with van der Waals surface area (Å²) in [5, 5.41) is 0. The van der Waals surface area contributed by atoms with E-state index in [0.717, 1.165) is 0 Å². The van der Waals surface area contributed by atoms with Crippen LogP contribution in [0.25, 0.3) is 0 Å². The van der Waals surface area contributed by atoms with Gasteiger partial charge in [0, 0.05) is 17.5 Å². The Bertz CT molecular complexity index is 505. The van der Waals surface area contributed by atoms with Crippen LogP contribution in [0.1, 0.15) is 140 Å². The van der Waals surface area contributed by atoms with Crippen LogP contribution in [-0.2, 0) is 26.3 Å². The Morgan fingerprint density at radius 2 is 1.00 bits per heavy atom. The molecule has 1 heteroatoms. The zero-order valence-corrected chi connectivity index (χ0v) is 20.5. The Hall–Kier alpha value is -0.850. The van der Waals surface area contributed by atoms with Crippen LogP contribution >= 0.6 is 0 Å². The van der Waals surface area contributed by atoms with E-state index in [1.165, 1.54) is 122 Å². The lowest BCUT2D eigenvalue weighted by Gasteiger charge is -2.11. The van der Waals surface area contributed by atoms with Crippen LogP contribution in [0.3, 0.4) is 0 Å². The molecule has 0 amide bonds. The van der Waals surface area contributed by atoms with E-state index in [1.807, 2.05) is 0 Å². The van der Waals surface area contributed by atoms with Crippen molar-refractivity contribution in [3.05, 3.63) is 29.1 Å². The Morgan fingerprint density at radius 1 is 0.552 bits per heavy atom. The van der Waals surface area contributed by atoms with Crippen molar-refractivity contribution in [2.24, 2.45) is 7.05 Å². The monoisotopic (exact) mass is 402 g/mol. The van der Waals surface area contributed by atoms with E-state index in [2.05, 4.69) is 44.6 Å². The predicted molar refractivity (Wildman–Crippen MR) is 130 cm³/mol. The molecule has 0 aliphatic rings. The first kappa shape index (κ1) is 26.2. The maximum atomic E-state index is 2.58. The van der Waals surface area contributed by atoms with Crippen molar-refractivity contribution >= 4 is 0 Å². The fraction of sp³-hybridized carbons (Fsp3) is 0.821. The number of nitrogens with zero attached hydrogens (tertiary/aromatic N) is 1. The molecule has 1 aromatic rings. The second kappa shape index (κ2) is 18.0. The average Bonchev–Trinajstić information content (AvgIpc) is 2.71. The summed E-state index contributed by atoms with van der Waals surface area (Å²) in [5.74, 6) is 0. The lowest BCUT2D eigenvalue weighted by Crippen LogP contribution is -2.35. The standard InChI is InChI=1S/C28H52N/c1-5-8-11-14-17-20-23-28-27(22-19-16-13-10-7-3)24-26(25-29(28)4)21-18-15-12-9-6-2/h24-25H,5-23H2,1-4H3/q+1. The first-order chi connectivity index (χ1) is 14.2. The van der Waals surface area contributed by atoms with Gasteiger partial charge in [0.25, 0.3) is 0 Å². The number of aryl methyl sites for hydroxylation is 3. The number of pyridine rings is 1. The lowest BCUT2D eigenvalue weighted by molar-refractivity contribution is -0.680. The van der Waals surface area contributed by atoms with E-state index >= 15 is 0 Å². The van der Waals surface area contributed by atoms with E-state index in [4.69, 9.17) is 0 Å². The first-order valence-electron chi connectivity index (χ1n) is 13.2. The van der Waals surface area contributed by atoms with Crippen molar-refractivity contribution in [1.82, 2.24) is 0 Å². The molecule has 1 rings (SSSR count). The van der Waals surface area contributed by atoms with Crippen LogP contribution < -0.4 is 4.57 Å². The molecule has 0 atom stereocenters. The molecule has 0 aliphatic heterocycles. The third-order valence-corrected chi connectivity index (χ3v) is 6.40. The smallest absolute Gasteiger partial charge is 0.184 e. The fourth-order valence-corrected chi connectivity index (χ4v) is 4.51. The van der Waals surface area contributed by atoms with Crippen molar-refractivity contribution < 1.29 is 4.57 Å². The highest BCUT2D eigenvalue weighted by Gasteiger charge is 2.15. The molecule has 0 unspecified atom stereocenters. The summed E-state index contributed by atoms with van der Waals surface area (Å²) in [4.78, 5) is 0. The predicted octanol–water partition coefficient (Wildman–Crippen LogP) is 8.44. The maximum absolute atomic E-state index is 2.58. The topological polar surface area (TPSA) is 3.88 Å². The summed E-state index contributed by atoms with van der Waals surface area (Å²) in [6, 6.07) is 2.58. The van der Waals surface area contributed by atoms with Crippen LogP contribution in [0.15, 0.2) is 12.3 Å². The number of unbranched alkanes of at least 4 members (excludes halogenated alkanes) is 13. The summed E-state index contributed by atoms with van der Waals surface area (Å²) in [6.07, 6.45) is 28.4. The highest BCUT2D eigenvalue weighted by atomic mass is 14.9. The van der Waals surface area contributed by atoms with Gasteiger partial charge in [-0.15, -0.1) is 0 Å². The number of aromatic nitrogens is 1. The van der Waals surface area contributed by atoms with Gasteiger partial charge in [0.15, 0.2) is 11.9 Å². The van der Waals surface area contributed by atoms with Gasteiger partial charge in [-0.05, 0) is 38.2 Å². The number of hydrogen-bond donors (Lipinski definition) is 0. The fourth-order valence-electron chi connectivity index (χ4n) is 4.51. The molecule has 1 aromatic heterocycles. The zero-order valence-electron chi connectivity index (χ0n) is 20.5. The van der Waals surface area contributed by atoms with Gasteiger partial charge in [-0.3, -0.25) is 0 Å². The highest BCUT2D eigenvalue weighted by molar-refractivity contribution is 5.22. The second-order valence-corrected chi connectivity index (χ2v) is 9.28. The normalized spacial score (nSPS) is 11.3. The minimum Gasteiger partial charge on any atom is -0.205 e. The molecule has 1 nitrogen and oxygen atoms in total. The van der Waals surface area contributed by atoms with Gasteiger partial charge < -0.3 is 0 Å². The molecule has 1 heterocycles. The quantitative estimate of drug-likeness (QED) is 0.161. The van der Waals surface area contributed by atoms with Gasteiger partial charge in [0.1, 0.15) is 7.05 Å². The van der Waals surface area contributed by atoms with Crippen molar-refractivity contribution in [1.29, 1.82) is 0 Å². The molecule has 0 aromatic carbocycles. The Morgan fingerprint density at radius 3 is 1.55 bits per heavy atom. The average molecular weight is 403 g/mol. The molecule has 0 saturated heterocycles. The Labute approximate surface area is 183 Å². The molecule has 0 radical (unpaired) electrons. The Kier molecular flexibility index (Phi) is 16.2. The number of hydrogen-bond acceptors (Lipinski definition) is 0. The third kappa shape index (κ3) is 12.4. The summed E-state index contributed by atoms with van der Waals surface area (Å²) in [5.41, 5.74) is 4.84. The molecule has 0 N–H and O–H groups in total. The largest absolute Gasteiger partial charge is 0.205 e. The second-order valence-electron chi connectivity index (χ2n) is 9.28. The van der Waals surface area contributed by atoms with Crippen molar-refractivity contribution in [2.45, 2.75) is 143 Å². The van der Waals surface area contributed by atoms with Crippen LogP contribution in [0.2, 0.25) is 0 Å².